The summed E-state index contributed by atoms with van der Waals surface area (Å²) in [6, 6.07) is 3.93. The van der Waals surface area contributed by atoms with Gasteiger partial charge < -0.3 is 9.64 Å². The molecule has 0 bridgehead atoms. The highest BCUT2D eigenvalue weighted by molar-refractivity contribution is 5.95. The number of ether oxygens (including phenoxy) is 1. The monoisotopic (exact) mass is 274 g/mol. The van der Waals surface area contributed by atoms with Crippen LogP contribution in [-0.4, -0.2) is 30.5 Å². The lowest BCUT2D eigenvalue weighted by Gasteiger charge is -2.32. The second-order valence-electron chi connectivity index (χ2n) is 5.48. The van der Waals surface area contributed by atoms with Crippen LogP contribution in [0.5, 0.6) is 0 Å². The first-order valence-corrected chi connectivity index (χ1v) is 7.03. The van der Waals surface area contributed by atoms with Crippen molar-refractivity contribution in [3.05, 3.63) is 24.0 Å². The van der Waals surface area contributed by atoms with E-state index in [-0.39, 0.29) is 17.8 Å². The Balaban J connectivity index is 1.63. The van der Waals surface area contributed by atoms with E-state index in [1.54, 1.807) is 11.1 Å². The van der Waals surface area contributed by atoms with Gasteiger partial charge in [-0.3, -0.25) is 14.6 Å². The average Bonchev–Trinajstić information content (AvgIpc) is 2.84. The third-order valence-electron chi connectivity index (χ3n) is 4.25. The van der Waals surface area contributed by atoms with Crippen molar-refractivity contribution < 1.29 is 14.3 Å². The van der Waals surface area contributed by atoms with E-state index in [0.717, 1.165) is 37.2 Å². The van der Waals surface area contributed by atoms with Gasteiger partial charge in [0.05, 0.1) is 24.9 Å². The number of esters is 1. The van der Waals surface area contributed by atoms with Crippen LogP contribution in [0.25, 0.3) is 0 Å². The molecule has 2 heterocycles. The topological polar surface area (TPSA) is 59.5 Å². The summed E-state index contributed by atoms with van der Waals surface area (Å²) in [7, 11) is 1.43. The van der Waals surface area contributed by atoms with E-state index in [2.05, 4.69) is 4.98 Å². The number of nitrogens with zero attached hydrogens (tertiary/aromatic N) is 2. The number of methoxy groups -OCH3 is 1. The van der Waals surface area contributed by atoms with Crippen molar-refractivity contribution >= 4 is 17.6 Å². The summed E-state index contributed by atoms with van der Waals surface area (Å²) in [5.74, 6) is 0.406. The Morgan fingerprint density at radius 1 is 1.40 bits per heavy atom. The summed E-state index contributed by atoms with van der Waals surface area (Å²) in [5, 5.41) is 0. The molecule has 1 saturated heterocycles. The van der Waals surface area contributed by atoms with Crippen LogP contribution < -0.4 is 4.90 Å². The molecule has 1 aromatic heterocycles. The quantitative estimate of drug-likeness (QED) is 0.790. The fraction of sp³-hybridized carbons (Fsp3) is 0.533. The maximum absolute atomic E-state index is 11.7. The molecule has 106 valence electrons. The number of rotatable bonds is 3. The first-order chi connectivity index (χ1) is 9.69. The Morgan fingerprint density at radius 2 is 2.20 bits per heavy atom. The van der Waals surface area contributed by atoms with E-state index in [0.29, 0.717) is 12.3 Å². The number of carbonyl (C=O) groups excluding carboxylic acids is 2. The van der Waals surface area contributed by atoms with Gasteiger partial charge in [-0.1, -0.05) is 0 Å². The molecule has 0 aromatic carbocycles. The Kier molecular flexibility index (Phi) is 3.42. The van der Waals surface area contributed by atoms with E-state index in [1.165, 1.54) is 7.11 Å². The molecular formula is C15H18N2O3. The number of hydrogen-bond acceptors (Lipinski definition) is 4. The molecule has 0 spiro atoms. The Labute approximate surface area is 117 Å². The number of aromatic nitrogens is 1. The van der Waals surface area contributed by atoms with Crippen molar-refractivity contribution in [2.75, 3.05) is 18.6 Å². The molecule has 1 amide bonds. The summed E-state index contributed by atoms with van der Waals surface area (Å²) in [6.45, 7) is 0.785. The summed E-state index contributed by atoms with van der Waals surface area (Å²) in [5.41, 5.74) is 1.88. The van der Waals surface area contributed by atoms with Gasteiger partial charge in [0.2, 0.25) is 5.91 Å². The molecular weight excluding hydrogens is 256 g/mol. The first kappa shape index (κ1) is 13.1. The Hall–Kier alpha value is -1.91. The first-order valence-electron chi connectivity index (χ1n) is 7.03. The molecule has 2 fully saturated rings. The van der Waals surface area contributed by atoms with Crippen molar-refractivity contribution in [1.29, 1.82) is 0 Å². The predicted molar refractivity (Wildman–Crippen MR) is 73.3 cm³/mol. The van der Waals surface area contributed by atoms with Crippen molar-refractivity contribution in [2.24, 2.45) is 5.92 Å². The molecule has 5 nitrogen and oxygen atoms in total. The predicted octanol–water partition coefficient (Wildman–Crippen LogP) is 1.87. The molecule has 0 atom stereocenters. The maximum Gasteiger partial charge on any atom is 0.308 e. The van der Waals surface area contributed by atoms with Crippen LogP contribution in [0.4, 0.5) is 5.69 Å². The minimum atomic E-state index is -0.125. The van der Waals surface area contributed by atoms with Gasteiger partial charge in [-0.15, -0.1) is 0 Å². The smallest absolute Gasteiger partial charge is 0.308 e. The molecule has 0 N–H and O–H groups in total. The third kappa shape index (κ3) is 2.28. The van der Waals surface area contributed by atoms with Crippen molar-refractivity contribution in [3.8, 4) is 0 Å². The van der Waals surface area contributed by atoms with Gasteiger partial charge in [-0.05, 0) is 31.4 Å². The minimum Gasteiger partial charge on any atom is -0.469 e. The van der Waals surface area contributed by atoms with Crippen LogP contribution in [0.1, 0.15) is 37.3 Å². The molecule has 1 aromatic rings. The normalized spacial score (nSPS) is 25.4. The zero-order chi connectivity index (χ0) is 14.1. The molecule has 3 rings (SSSR count). The highest BCUT2D eigenvalue weighted by atomic mass is 16.5. The fourth-order valence-corrected chi connectivity index (χ4v) is 2.94. The lowest BCUT2D eigenvalue weighted by molar-refractivity contribution is -0.148. The van der Waals surface area contributed by atoms with Crippen LogP contribution in [0.15, 0.2) is 18.3 Å². The molecule has 20 heavy (non-hydrogen) atoms. The zero-order valence-electron chi connectivity index (χ0n) is 11.5. The Bertz CT molecular complexity index is 520. The average molecular weight is 274 g/mol. The third-order valence-corrected chi connectivity index (χ3v) is 4.25. The lowest BCUT2D eigenvalue weighted by Crippen LogP contribution is -2.30. The van der Waals surface area contributed by atoms with Crippen LogP contribution >= 0.6 is 0 Å². The summed E-state index contributed by atoms with van der Waals surface area (Å²) >= 11 is 0. The van der Waals surface area contributed by atoms with Gasteiger partial charge in [-0.25, -0.2) is 0 Å². The van der Waals surface area contributed by atoms with Gasteiger partial charge in [-0.2, -0.15) is 0 Å². The number of hydrogen-bond donors (Lipinski definition) is 0. The molecule has 0 radical (unpaired) electrons. The molecule has 2 aliphatic rings. The second-order valence-corrected chi connectivity index (χ2v) is 5.48. The summed E-state index contributed by atoms with van der Waals surface area (Å²) in [4.78, 5) is 29.2. The van der Waals surface area contributed by atoms with Gasteiger partial charge in [0.15, 0.2) is 0 Å². The highest BCUT2D eigenvalue weighted by Gasteiger charge is 2.36. The number of carbonyl (C=O) groups is 2. The van der Waals surface area contributed by atoms with Crippen LogP contribution in [0.3, 0.4) is 0 Å². The number of anilines is 1. The van der Waals surface area contributed by atoms with Gasteiger partial charge in [0, 0.05) is 24.6 Å². The largest absolute Gasteiger partial charge is 0.469 e. The molecule has 1 aliphatic heterocycles. The fourth-order valence-electron chi connectivity index (χ4n) is 2.94. The van der Waals surface area contributed by atoms with Crippen LogP contribution in [0.2, 0.25) is 0 Å². The van der Waals surface area contributed by atoms with Crippen LogP contribution in [0, 0.1) is 5.92 Å². The SMILES string of the molecule is COC(=O)C1CC(c2ccc(N3CCCC3=O)cn2)C1. The van der Waals surface area contributed by atoms with Crippen LogP contribution in [-0.2, 0) is 14.3 Å². The Morgan fingerprint density at radius 3 is 2.75 bits per heavy atom. The molecule has 0 unspecified atom stereocenters. The summed E-state index contributed by atoms with van der Waals surface area (Å²) < 4.78 is 4.73. The second kappa shape index (κ2) is 5.23. The molecule has 1 aliphatic carbocycles. The van der Waals surface area contributed by atoms with E-state index in [4.69, 9.17) is 4.74 Å². The van der Waals surface area contributed by atoms with E-state index < -0.39 is 0 Å². The van der Waals surface area contributed by atoms with Crippen molar-refractivity contribution in [1.82, 2.24) is 4.98 Å². The number of amides is 1. The summed E-state index contributed by atoms with van der Waals surface area (Å²) in [6.07, 6.45) is 4.93. The van der Waals surface area contributed by atoms with E-state index in [9.17, 15) is 9.59 Å². The van der Waals surface area contributed by atoms with E-state index in [1.807, 2.05) is 12.1 Å². The molecule has 1 saturated carbocycles. The van der Waals surface area contributed by atoms with E-state index >= 15 is 0 Å². The molecule has 5 heteroatoms. The van der Waals surface area contributed by atoms with Gasteiger partial charge >= 0.3 is 5.97 Å². The standard InChI is InChI=1S/C15H18N2O3/c1-20-15(19)11-7-10(8-11)13-5-4-12(9-16-13)17-6-2-3-14(17)18/h4-5,9-11H,2-3,6-8H2,1H3. The van der Waals surface area contributed by atoms with Gasteiger partial charge in [0.25, 0.3) is 0 Å². The van der Waals surface area contributed by atoms with Crippen molar-refractivity contribution in [2.45, 2.75) is 31.6 Å². The zero-order valence-corrected chi connectivity index (χ0v) is 11.5. The minimum absolute atomic E-state index is 0.0200. The maximum atomic E-state index is 11.7. The van der Waals surface area contributed by atoms with Gasteiger partial charge in [0.1, 0.15) is 0 Å². The van der Waals surface area contributed by atoms with Crippen molar-refractivity contribution in [3.63, 3.8) is 0 Å². The lowest BCUT2D eigenvalue weighted by atomic mass is 9.73. The highest BCUT2D eigenvalue weighted by Crippen LogP contribution is 2.41. The number of pyridine rings is 1.